The van der Waals surface area contributed by atoms with E-state index in [4.69, 9.17) is 14.3 Å². The van der Waals surface area contributed by atoms with E-state index in [1.165, 1.54) is 19.2 Å². The van der Waals surface area contributed by atoms with Crippen LogP contribution < -0.4 is 9.88 Å². The summed E-state index contributed by atoms with van der Waals surface area (Å²) >= 11 is 0. The van der Waals surface area contributed by atoms with Crippen LogP contribution in [-0.2, 0) is 10.0 Å². The molecule has 0 saturated carbocycles. The largest absolute Gasteiger partial charge is 0.468 e. The highest BCUT2D eigenvalue weighted by Gasteiger charge is 2.16. The van der Waals surface area contributed by atoms with E-state index in [1.807, 2.05) is 30.3 Å². The van der Waals surface area contributed by atoms with Crippen molar-refractivity contribution < 1.29 is 17.6 Å². The molecule has 118 valence electrons. The van der Waals surface area contributed by atoms with Gasteiger partial charge in [-0.2, -0.15) is 0 Å². The fourth-order valence-electron chi connectivity index (χ4n) is 2.31. The number of nitrogens with two attached hydrogens (primary N) is 1. The van der Waals surface area contributed by atoms with E-state index in [9.17, 15) is 8.42 Å². The van der Waals surface area contributed by atoms with Crippen molar-refractivity contribution in [3.05, 3.63) is 60.7 Å². The van der Waals surface area contributed by atoms with E-state index < -0.39 is 10.0 Å². The third-order valence-corrected chi connectivity index (χ3v) is 4.37. The van der Waals surface area contributed by atoms with Crippen LogP contribution in [0.2, 0.25) is 0 Å². The number of hydrogen-bond acceptors (Lipinski definition) is 4. The van der Waals surface area contributed by atoms with Gasteiger partial charge in [-0.3, -0.25) is 0 Å². The van der Waals surface area contributed by atoms with Gasteiger partial charge in [-0.1, -0.05) is 42.5 Å². The number of rotatable bonds is 4. The van der Waals surface area contributed by atoms with Gasteiger partial charge >= 0.3 is 0 Å². The molecule has 6 heteroatoms. The first kappa shape index (κ1) is 15.3. The van der Waals surface area contributed by atoms with Crippen LogP contribution in [0.25, 0.3) is 22.5 Å². The summed E-state index contributed by atoms with van der Waals surface area (Å²) in [7, 11) is -2.18. The Balaban J connectivity index is 2.11. The Morgan fingerprint density at radius 1 is 0.957 bits per heavy atom. The van der Waals surface area contributed by atoms with Crippen molar-refractivity contribution in [2.24, 2.45) is 5.14 Å². The van der Waals surface area contributed by atoms with Crippen molar-refractivity contribution in [2.75, 3.05) is 7.11 Å². The Bertz CT molecular complexity index is 913. The van der Waals surface area contributed by atoms with E-state index in [0.717, 1.165) is 16.7 Å². The molecular weight excluding hydrogens is 314 g/mol. The van der Waals surface area contributed by atoms with Gasteiger partial charge in [-0.15, -0.1) is 0 Å². The maximum absolute atomic E-state index is 11.4. The summed E-state index contributed by atoms with van der Waals surface area (Å²) in [6.07, 6.45) is 0. The van der Waals surface area contributed by atoms with Gasteiger partial charge in [0.25, 0.3) is 5.95 Å². The Hall–Kier alpha value is -2.57. The molecule has 0 unspecified atom stereocenters. The molecule has 0 saturated heterocycles. The zero-order valence-electron chi connectivity index (χ0n) is 12.4. The van der Waals surface area contributed by atoms with E-state index in [-0.39, 0.29) is 4.90 Å². The Morgan fingerprint density at radius 3 is 2.17 bits per heavy atom. The first-order valence-electron chi connectivity index (χ1n) is 6.85. The first-order valence-corrected chi connectivity index (χ1v) is 8.40. The van der Waals surface area contributed by atoms with Crippen molar-refractivity contribution in [3.8, 4) is 28.4 Å². The molecule has 0 spiro atoms. The Labute approximate surface area is 134 Å². The SMILES string of the molecule is COc1cc(-c2ccc(S(N)(=O)=O)cc2)c(-c2ccccc2)o1. The van der Waals surface area contributed by atoms with Gasteiger partial charge in [0.2, 0.25) is 10.0 Å². The fraction of sp³-hybridized carbons (Fsp3) is 0.0588. The molecule has 1 aromatic heterocycles. The highest BCUT2D eigenvalue weighted by Crippen LogP contribution is 2.38. The number of furan rings is 1. The molecule has 0 fully saturated rings. The molecule has 3 rings (SSSR count). The van der Waals surface area contributed by atoms with Crippen molar-refractivity contribution in [1.82, 2.24) is 0 Å². The van der Waals surface area contributed by atoms with Crippen LogP contribution in [0.1, 0.15) is 0 Å². The number of hydrogen-bond donors (Lipinski definition) is 1. The van der Waals surface area contributed by atoms with Crippen molar-refractivity contribution in [1.29, 1.82) is 0 Å². The minimum Gasteiger partial charge on any atom is -0.468 e. The summed E-state index contributed by atoms with van der Waals surface area (Å²) in [5, 5.41) is 5.13. The molecular formula is C17H15NO4S. The monoisotopic (exact) mass is 329 g/mol. The number of benzene rings is 2. The zero-order valence-corrected chi connectivity index (χ0v) is 13.2. The third-order valence-electron chi connectivity index (χ3n) is 3.44. The molecule has 0 amide bonds. The molecule has 23 heavy (non-hydrogen) atoms. The lowest BCUT2D eigenvalue weighted by Crippen LogP contribution is -2.11. The number of methoxy groups -OCH3 is 1. The zero-order chi connectivity index (χ0) is 16.4. The summed E-state index contributed by atoms with van der Waals surface area (Å²) in [5.74, 6) is 1.04. The average molecular weight is 329 g/mol. The second-order valence-electron chi connectivity index (χ2n) is 4.95. The molecule has 2 aromatic carbocycles. The van der Waals surface area contributed by atoms with Crippen LogP contribution >= 0.6 is 0 Å². The summed E-state index contributed by atoms with van der Waals surface area (Å²) in [5.41, 5.74) is 2.53. The van der Waals surface area contributed by atoms with E-state index in [2.05, 4.69) is 0 Å². The summed E-state index contributed by atoms with van der Waals surface area (Å²) in [4.78, 5) is 0.0676. The maximum Gasteiger partial charge on any atom is 0.285 e. The van der Waals surface area contributed by atoms with Gasteiger partial charge in [0, 0.05) is 17.2 Å². The highest BCUT2D eigenvalue weighted by molar-refractivity contribution is 7.89. The van der Waals surface area contributed by atoms with E-state index in [1.54, 1.807) is 18.2 Å². The molecule has 1 heterocycles. The molecule has 0 radical (unpaired) electrons. The summed E-state index contributed by atoms with van der Waals surface area (Å²) in [6.45, 7) is 0. The molecule has 0 atom stereocenters. The minimum absolute atomic E-state index is 0.0676. The lowest BCUT2D eigenvalue weighted by Gasteiger charge is -2.04. The molecule has 0 bridgehead atoms. The number of ether oxygens (including phenoxy) is 1. The van der Waals surface area contributed by atoms with Gasteiger partial charge in [0.15, 0.2) is 0 Å². The van der Waals surface area contributed by atoms with E-state index in [0.29, 0.717) is 11.7 Å². The molecule has 0 aliphatic rings. The second kappa shape index (κ2) is 5.91. The standard InChI is InChI=1S/C17H15NO4S/c1-21-16-11-15(17(22-16)13-5-3-2-4-6-13)12-7-9-14(10-8-12)23(18,19)20/h2-11H,1H3,(H2,18,19,20). The molecule has 3 aromatic rings. The summed E-state index contributed by atoms with van der Waals surface area (Å²) < 4.78 is 33.6. The fourth-order valence-corrected chi connectivity index (χ4v) is 2.83. The second-order valence-corrected chi connectivity index (χ2v) is 6.51. The first-order chi connectivity index (χ1) is 11.0. The van der Waals surface area contributed by atoms with Gasteiger partial charge in [-0.25, -0.2) is 13.6 Å². The van der Waals surface area contributed by atoms with Gasteiger partial charge in [0.1, 0.15) is 5.76 Å². The smallest absolute Gasteiger partial charge is 0.285 e. The van der Waals surface area contributed by atoms with Crippen LogP contribution in [-0.4, -0.2) is 15.5 Å². The van der Waals surface area contributed by atoms with Gasteiger partial charge in [-0.05, 0) is 17.7 Å². The van der Waals surface area contributed by atoms with Crippen molar-refractivity contribution in [3.63, 3.8) is 0 Å². The highest BCUT2D eigenvalue weighted by atomic mass is 32.2. The average Bonchev–Trinajstić information content (AvgIpc) is 2.99. The third kappa shape index (κ3) is 3.13. The maximum atomic E-state index is 11.4. The molecule has 0 aliphatic carbocycles. The minimum atomic E-state index is -3.71. The van der Waals surface area contributed by atoms with Crippen LogP contribution in [0.5, 0.6) is 5.95 Å². The predicted octanol–water partition coefficient (Wildman–Crippen LogP) is 3.27. The number of sulfonamides is 1. The van der Waals surface area contributed by atoms with Crippen LogP contribution in [0.15, 0.2) is 70.0 Å². The molecule has 2 N–H and O–H groups in total. The van der Waals surface area contributed by atoms with Crippen molar-refractivity contribution in [2.45, 2.75) is 4.90 Å². The normalized spacial score (nSPS) is 11.4. The molecule has 5 nitrogen and oxygen atoms in total. The van der Waals surface area contributed by atoms with E-state index >= 15 is 0 Å². The Morgan fingerprint density at radius 2 is 1.61 bits per heavy atom. The van der Waals surface area contributed by atoms with Crippen LogP contribution in [0, 0.1) is 0 Å². The topological polar surface area (TPSA) is 82.5 Å². The lowest BCUT2D eigenvalue weighted by molar-refractivity contribution is 0.309. The Kier molecular flexibility index (Phi) is 3.94. The van der Waals surface area contributed by atoms with Crippen LogP contribution in [0.3, 0.4) is 0 Å². The lowest BCUT2D eigenvalue weighted by atomic mass is 10.0. The predicted molar refractivity (Wildman–Crippen MR) is 87.5 cm³/mol. The van der Waals surface area contributed by atoms with Crippen LogP contribution in [0.4, 0.5) is 0 Å². The van der Waals surface area contributed by atoms with Crippen molar-refractivity contribution >= 4 is 10.0 Å². The van der Waals surface area contributed by atoms with Gasteiger partial charge in [0.05, 0.1) is 12.0 Å². The summed E-state index contributed by atoms with van der Waals surface area (Å²) in [6, 6.07) is 17.7. The number of primary sulfonamides is 1. The quantitative estimate of drug-likeness (QED) is 0.796. The van der Waals surface area contributed by atoms with Gasteiger partial charge < -0.3 is 9.15 Å². The molecule has 0 aliphatic heterocycles.